The molecule has 0 bridgehead atoms. The Hall–Kier alpha value is -1.91. The molecule has 1 fully saturated rings. The summed E-state index contributed by atoms with van der Waals surface area (Å²) in [4.78, 5) is 0. The van der Waals surface area contributed by atoms with Crippen LogP contribution >= 0.6 is 0 Å². The van der Waals surface area contributed by atoms with E-state index in [2.05, 4.69) is 27.8 Å². The summed E-state index contributed by atoms with van der Waals surface area (Å²) < 4.78 is 1.76. The van der Waals surface area contributed by atoms with Crippen molar-refractivity contribution in [2.75, 3.05) is 11.9 Å². The highest BCUT2D eigenvalue weighted by molar-refractivity contribution is 5.38. The molecule has 21 heavy (non-hydrogen) atoms. The lowest BCUT2D eigenvalue weighted by atomic mass is 9.81. The first-order valence-corrected chi connectivity index (χ1v) is 7.94. The molecule has 2 aromatic rings. The van der Waals surface area contributed by atoms with E-state index in [1.165, 1.54) is 32.1 Å². The minimum Gasteiger partial charge on any atom is -0.352 e. The van der Waals surface area contributed by atoms with Gasteiger partial charge in [0.2, 0.25) is 5.95 Å². The summed E-state index contributed by atoms with van der Waals surface area (Å²) in [5.41, 5.74) is 0.986. The number of anilines is 1. The number of nitrogens with one attached hydrogen (secondary N) is 1. The number of rotatable bonds is 5. The van der Waals surface area contributed by atoms with Gasteiger partial charge in [-0.3, -0.25) is 0 Å². The fourth-order valence-corrected chi connectivity index (χ4v) is 3.12. The van der Waals surface area contributed by atoms with Gasteiger partial charge in [-0.2, -0.15) is 4.68 Å². The second-order valence-corrected chi connectivity index (χ2v) is 5.93. The Morgan fingerprint density at radius 1 is 1.10 bits per heavy atom. The highest BCUT2D eigenvalue weighted by Gasteiger charge is 2.20. The molecular formula is C16H23N5. The average molecular weight is 285 g/mol. The molecule has 0 radical (unpaired) electrons. The Morgan fingerprint density at radius 2 is 1.81 bits per heavy atom. The van der Waals surface area contributed by atoms with Gasteiger partial charge in [0.15, 0.2) is 0 Å². The molecule has 0 spiro atoms. The van der Waals surface area contributed by atoms with E-state index in [4.69, 9.17) is 0 Å². The Morgan fingerprint density at radius 3 is 2.52 bits per heavy atom. The van der Waals surface area contributed by atoms with Gasteiger partial charge in [0.05, 0.1) is 5.69 Å². The number of tetrazole rings is 1. The zero-order valence-electron chi connectivity index (χ0n) is 12.6. The topological polar surface area (TPSA) is 55.6 Å². The molecule has 3 rings (SSSR count). The van der Waals surface area contributed by atoms with Gasteiger partial charge in [-0.05, 0) is 47.2 Å². The van der Waals surface area contributed by atoms with Crippen molar-refractivity contribution in [3.63, 3.8) is 0 Å². The predicted molar refractivity (Wildman–Crippen MR) is 83.4 cm³/mol. The molecule has 1 aromatic carbocycles. The van der Waals surface area contributed by atoms with E-state index in [0.717, 1.165) is 30.0 Å². The molecule has 5 heteroatoms. The summed E-state index contributed by atoms with van der Waals surface area (Å²) in [7, 11) is 0. The SMILES string of the molecule is CCC1CCC(CNc2nnnn2-c2ccccc2)CC1. The maximum Gasteiger partial charge on any atom is 0.247 e. The third-order valence-electron chi connectivity index (χ3n) is 4.56. The first-order valence-electron chi connectivity index (χ1n) is 7.94. The lowest BCUT2D eigenvalue weighted by molar-refractivity contribution is 0.278. The Balaban J connectivity index is 1.58. The van der Waals surface area contributed by atoms with Gasteiger partial charge in [-0.25, -0.2) is 0 Å². The van der Waals surface area contributed by atoms with Gasteiger partial charge < -0.3 is 5.32 Å². The van der Waals surface area contributed by atoms with Gasteiger partial charge in [-0.1, -0.05) is 49.5 Å². The maximum atomic E-state index is 4.10. The Labute approximate surface area is 125 Å². The largest absolute Gasteiger partial charge is 0.352 e. The summed E-state index contributed by atoms with van der Waals surface area (Å²) >= 11 is 0. The summed E-state index contributed by atoms with van der Waals surface area (Å²) in [5.74, 6) is 2.42. The number of para-hydroxylation sites is 1. The fourth-order valence-electron chi connectivity index (χ4n) is 3.12. The van der Waals surface area contributed by atoms with Crippen LogP contribution in [0.2, 0.25) is 0 Å². The number of hydrogen-bond donors (Lipinski definition) is 1. The lowest BCUT2D eigenvalue weighted by Gasteiger charge is -2.27. The van der Waals surface area contributed by atoms with E-state index >= 15 is 0 Å². The molecule has 112 valence electrons. The van der Waals surface area contributed by atoms with Crippen molar-refractivity contribution in [2.24, 2.45) is 11.8 Å². The lowest BCUT2D eigenvalue weighted by Crippen LogP contribution is -2.22. The van der Waals surface area contributed by atoms with Gasteiger partial charge in [0, 0.05) is 6.54 Å². The van der Waals surface area contributed by atoms with Crippen LogP contribution in [-0.2, 0) is 0 Å². The Kier molecular flexibility index (Phi) is 4.48. The van der Waals surface area contributed by atoms with Crippen molar-refractivity contribution in [1.82, 2.24) is 20.2 Å². The molecule has 0 unspecified atom stereocenters. The summed E-state index contributed by atoms with van der Waals surface area (Å²) in [6.45, 7) is 3.26. The normalized spacial score (nSPS) is 22.1. The molecule has 0 amide bonds. The minimum atomic E-state index is 0.735. The molecule has 1 N–H and O–H groups in total. The molecule has 1 saturated carbocycles. The van der Waals surface area contributed by atoms with Crippen molar-refractivity contribution < 1.29 is 0 Å². The summed E-state index contributed by atoms with van der Waals surface area (Å²) in [6, 6.07) is 9.99. The predicted octanol–water partition coefficient (Wildman–Crippen LogP) is 3.29. The fraction of sp³-hybridized carbons (Fsp3) is 0.562. The number of aromatic nitrogens is 4. The van der Waals surface area contributed by atoms with E-state index in [0.29, 0.717) is 0 Å². The standard InChI is InChI=1S/C16H23N5/c1-2-13-8-10-14(11-9-13)12-17-16-18-19-20-21(16)15-6-4-3-5-7-15/h3-7,13-14H,2,8-12H2,1H3,(H,17,18,20). The third-order valence-corrected chi connectivity index (χ3v) is 4.56. The minimum absolute atomic E-state index is 0.735. The quantitative estimate of drug-likeness (QED) is 0.916. The summed E-state index contributed by atoms with van der Waals surface area (Å²) in [6.07, 6.45) is 6.70. The maximum absolute atomic E-state index is 4.10. The van der Waals surface area contributed by atoms with Crippen molar-refractivity contribution in [2.45, 2.75) is 39.0 Å². The van der Waals surface area contributed by atoms with Crippen molar-refractivity contribution in [1.29, 1.82) is 0 Å². The van der Waals surface area contributed by atoms with Crippen LogP contribution in [0, 0.1) is 11.8 Å². The first-order chi connectivity index (χ1) is 10.4. The number of nitrogens with zero attached hydrogens (tertiary/aromatic N) is 4. The molecule has 0 aliphatic heterocycles. The van der Waals surface area contributed by atoms with Crippen LogP contribution in [-0.4, -0.2) is 26.8 Å². The van der Waals surface area contributed by atoms with Gasteiger partial charge in [0.1, 0.15) is 0 Å². The molecule has 1 aromatic heterocycles. The zero-order valence-corrected chi connectivity index (χ0v) is 12.6. The van der Waals surface area contributed by atoms with Crippen LogP contribution in [0.1, 0.15) is 39.0 Å². The monoisotopic (exact) mass is 285 g/mol. The second-order valence-electron chi connectivity index (χ2n) is 5.93. The zero-order chi connectivity index (χ0) is 14.5. The molecule has 0 saturated heterocycles. The smallest absolute Gasteiger partial charge is 0.247 e. The van der Waals surface area contributed by atoms with Crippen LogP contribution in [0.5, 0.6) is 0 Å². The molecule has 5 nitrogen and oxygen atoms in total. The van der Waals surface area contributed by atoms with Crippen LogP contribution < -0.4 is 5.32 Å². The van der Waals surface area contributed by atoms with Gasteiger partial charge in [-0.15, -0.1) is 0 Å². The average Bonchev–Trinajstić information content (AvgIpc) is 3.03. The third kappa shape index (κ3) is 3.40. The molecular weight excluding hydrogens is 262 g/mol. The van der Waals surface area contributed by atoms with Crippen molar-refractivity contribution in [3.05, 3.63) is 30.3 Å². The van der Waals surface area contributed by atoms with Crippen molar-refractivity contribution in [3.8, 4) is 5.69 Å². The summed E-state index contributed by atoms with van der Waals surface area (Å²) in [5, 5.41) is 15.4. The molecule has 1 heterocycles. The van der Waals surface area contributed by atoms with Gasteiger partial charge in [0.25, 0.3) is 0 Å². The molecule has 1 aliphatic rings. The molecule has 1 aliphatic carbocycles. The van der Waals surface area contributed by atoms with Crippen LogP contribution in [0.15, 0.2) is 30.3 Å². The van der Waals surface area contributed by atoms with E-state index in [9.17, 15) is 0 Å². The first kappa shape index (κ1) is 14.0. The van der Waals surface area contributed by atoms with Gasteiger partial charge >= 0.3 is 0 Å². The van der Waals surface area contributed by atoms with Crippen molar-refractivity contribution >= 4 is 5.95 Å². The van der Waals surface area contributed by atoms with E-state index in [1.54, 1.807) is 4.68 Å². The molecule has 0 atom stereocenters. The number of benzene rings is 1. The highest BCUT2D eigenvalue weighted by Crippen LogP contribution is 2.30. The second kappa shape index (κ2) is 6.70. The van der Waals surface area contributed by atoms with E-state index in [1.807, 2.05) is 30.3 Å². The Bertz CT molecular complexity index is 543. The van der Waals surface area contributed by atoms with E-state index in [-0.39, 0.29) is 0 Å². The number of hydrogen-bond acceptors (Lipinski definition) is 4. The van der Waals surface area contributed by atoms with Crippen LogP contribution in [0.3, 0.4) is 0 Å². The van der Waals surface area contributed by atoms with E-state index < -0.39 is 0 Å². The van der Waals surface area contributed by atoms with Crippen LogP contribution in [0.4, 0.5) is 5.95 Å². The highest BCUT2D eigenvalue weighted by atomic mass is 15.6. The van der Waals surface area contributed by atoms with Crippen LogP contribution in [0.25, 0.3) is 5.69 Å².